The molecule has 0 radical (unpaired) electrons. The van der Waals surface area contributed by atoms with Gasteiger partial charge in [0.2, 0.25) is 0 Å². The number of hydrogen-bond donors (Lipinski definition) is 0. The number of esters is 1. The third-order valence-corrected chi connectivity index (χ3v) is 8.28. The van der Waals surface area contributed by atoms with Crippen LogP contribution in [0.2, 0.25) is 0 Å². The topological polar surface area (TPSA) is 35.5 Å². The van der Waals surface area contributed by atoms with Crippen molar-refractivity contribution in [2.24, 2.45) is 11.8 Å². The highest BCUT2D eigenvalue weighted by atomic mass is 16.5. The minimum Gasteiger partial charge on any atom is -0.494 e. The molecular formula is C35H52O3. The molecule has 38 heavy (non-hydrogen) atoms. The Kier molecular flexibility index (Phi) is 14.4. The number of hydrogen-bond acceptors (Lipinski definition) is 3. The molecule has 3 nitrogen and oxygen atoms in total. The van der Waals surface area contributed by atoms with E-state index in [0.717, 1.165) is 37.0 Å². The molecule has 0 saturated heterocycles. The molecule has 3 rings (SSSR count). The maximum atomic E-state index is 12.6. The fourth-order valence-electron chi connectivity index (χ4n) is 5.92. The van der Waals surface area contributed by atoms with Gasteiger partial charge in [-0.15, -0.1) is 0 Å². The fourth-order valence-corrected chi connectivity index (χ4v) is 5.92. The zero-order valence-corrected chi connectivity index (χ0v) is 24.2. The van der Waals surface area contributed by atoms with Crippen LogP contribution in [0.5, 0.6) is 11.5 Å². The summed E-state index contributed by atoms with van der Waals surface area (Å²) in [4.78, 5) is 12.6. The van der Waals surface area contributed by atoms with E-state index in [1.165, 1.54) is 102 Å². The Morgan fingerprint density at radius 1 is 0.684 bits per heavy atom. The highest BCUT2D eigenvalue weighted by Crippen LogP contribution is 2.36. The van der Waals surface area contributed by atoms with Crippen LogP contribution in [-0.4, -0.2) is 12.6 Å². The van der Waals surface area contributed by atoms with Gasteiger partial charge in [-0.25, -0.2) is 4.79 Å². The lowest BCUT2D eigenvalue weighted by Crippen LogP contribution is -2.20. The second-order valence-electron chi connectivity index (χ2n) is 11.4. The number of rotatable bonds is 18. The molecule has 2 aromatic rings. The number of carbonyl (C=O) groups excluding carboxylic acids is 1. The zero-order chi connectivity index (χ0) is 26.8. The Balaban J connectivity index is 1.35. The molecular weight excluding hydrogens is 468 g/mol. The van der Waals surface area contributed by atoms with Crippen molar-refractivity contribution in [3.05, 3.63) is 59.7 Å². The second-order valence-corrected chi connectivity index (χ2v) is 11.4. The van der Waals surface area contributed by atoms with Crippen LogP contribution >= 0.6 is 0 Å². The summed E-state index contributed by atoms with van der Waals surface area (Å²) in [5.74, 6) is 2.90. The molecule has 0 heterocycles. The van der Waals surface area contributed by atoms with E-state index in [4.69, 9.17) is 9.47 Å². The smallest absolute Gasteiger partial charge is 0.343 e. The maximum Gasteiger partial charge on any atom is 0.343 e. The van der Waals surface area contributed by atoms with Gasteiger partial charge in [0.15, 0.2) is 0 Å². The van der Waals surface area contributed by atoms with Crippen molar-refractivity contribution in [3.63, 3.8) is 0 Å². The van der Waals surface area contributed by atoms with Gasteiger partial charge in [-0.3, -0.25) is 0 Å². The molecule has 2 aromatic carbocycles. The second kappa shape index (κ2) is 18.1. The van der Waals surface area contributed by atoms with E-state index in [1.54, 1.807) is 12.1 Å². The standard InChI is InChI=1S/C35H52O3/c1-3-5-7-9-11-16-30-17-12-13-18-31(30)19-14-28-37-33-26-22-32(23-27-33)35(36)38-34-24-20-29(21-25-34)15-10-8-6-4-2/h20-27,30-31H,3-19,28H2,1-2H3. The zero-order valence-electron chi connectivity index (χ0n) is 24.2. The molecule has 210 valence electrons. The normalized spacial score (nSPS) is 17.3. The first-order chi connectivity index (χ1) is 18.7. The van der Waals surface area contributed by atoms with Gasteiger partial charge in [-0.2, -0.15) is 0 Å². The van der Waals surface area contributed by atoms with Crippen LogP contribution in [-0.2, 0) is 6.42 Å². The van der Waals surface area contributed by atoms with E-state index in [2.05, 4.69) is 26.0 Å². The lowest BCUT2D eigenvalue weighted by molar-refractivity contribution is 0.0734. The number of aryl methyl sites for hydroxylation is 1. The lowest BCUT2D eigenvalue weighted by atomic mass is 9.74. The molecule has 0 N–H and O–H groups in total. The molecule has 0 aromatic heterocycles. The van der Waals surface area contributed by atoms with Crippen molar-refractivity contribution >= 4 is 5.97 Å². The van der Waals surface area contributed by atoms with Gasteiger partial charge >= 0.3 is 5.97 Å². The van der Waals surface area contributed by atoms with E-state index in [-0.39, 0.29) is 5.97 Å². The Morgan fingerprint density at radius 2 is 1.26 bits per heavy atom. The maximum absolute atomic E-state index is 12.6. The van der Waals surface area contributed by atoms with E-state index in [9.17, 15) is 4.79 Å². The van der Waals surface area contributed by atoms with Gasteiger partial charge in [0.25, 0.3) is 0 Å². The summed E-state index contributed by atoms with van der Waals surface area (Å²) in [5, 5.41) is 0. The van der Waals surface area contributed by atoms with Crippen LogP contribution < -0.4 is 9.47 Å². The molecule has 0 amide bonds. The molecule has 1 fully saturated rings. The van der Waals surface area contributed by atoms with Crippen molar-refractivity contribution in [2.75, 3.05) is 6.61 Å². The Bertz CT molecular complexity index is 886. The quantitative estimate of drug-likeness (QED) is 0.111. The van der Waals surface area contributed by atoms with E-state index in [0.29, 0.717) is 11.3 Å². The first kappa shape index (κ1) is 30.3. The molecule has 1 aliphatic rings. The fraction of sp³-hybridized carbons (Fsp3) is 0.629. The van der Waals surface area contributed by atoms with Gasteiger partial charge in [-0.1, -0.05) is 109 Å². The van der Waals surface area contributed by atoms with Crippen molar-refractivity contribution < 1.29 is 14.3 Å². The van der Waals surface area contributed by atoms with Crippen molar-refractivity contribution in [1.29, 1.82) is 0 Å². The third-order valence-electron chi connectivity index (χ3n) is 8.28. The summed E-state index contributed by atoms with van der Waals surface area (Å²) >= 11 is 0. The summed E-state index contributed by atoms with van der Waals surface area (Å²) in [5.41, 5.74) is 1.84. The van der Waals surface area contributed by atoms with Crippen LogP contribution in [0.1, 0.15) is 133 Å². The lowest BCUT2D eigenvalue weighted by Gasteiger charge is -2.31. The first-order valence-corrected chi connectivity index (χ1v) is 15.7. The molecule has 0 spiro atoms. The average molecular weight is 521 g/mol. The third kappa shape index (κ3) is 11.2. The predicted molar refractivity (Wildman–Crippen MR) is 159 cm³/mol. The minimum atomic E-state index is -0.328. The number of unbranched alkanes of at least 4 members (excludes halogenated alkanes) is 7. The van der Waals surface area contributed by atoms with Gasteiger partial charge in [0.05, 0.1) is 12.2 Å². The van der Waals surface area contributed by atoms with Gasteiger partial charge in [-0.05, 0) is 79.5 Å². The van der Waals surface area contributed by atoms with Gasteiger partial charge in [0, 0.05) is 0 Å². The van der Waals surface area contributed by atoms with Crippen LogP contribution in [0.4, 0.5) is 0 Å². The summed E-state index contributed by atoms with van der Waals surface area (Å²) in [6.07, 6.45) is 22.5. The number of ether oxygens (including phenoxy) is 2. The molecule has 0 bridgehead atoms. The van der Waals surface area contributed by atoms with Crippen molar-refractivity contribution in [3.8, 4) is 11.5 Å². The predicted octanol–water partition coefficient (Wildman–Crippen LogP) is 10.4. The highest BCUT2D eigenvalue weighted by Gasteiger charge is 2.24. The molecule has 1 aliphatic carbocycles. The van der Waals surface area contributed by atoms with Crippen LogP contribution in [0.25, 0.3) is 0 Å². The van der Waals surface area contributed by atoms with Crippen LogP contribution in [0, 0.1) is 11.8 Å². The van der Waals surface area contributed by atoms with Crippen molar-refractivity contribution in [2.45, 2.75) is 123 Å². The Labute approximate surface area is 232 Å². The van der Waals surface area contributed by atoms with E-state index >= 15 is 0 Å². The number of carbonyl (C=O) groups is 1. The summed E-state index contributed by atoms with van der Waals surface area (Å²) in [6, 6.07) is 15.3. The molecule has 1 saturated carbocycles. The number of benzene rings is 2. The van der Waals surface area contributed by atoms with E-state index < -0.39 is 0 Å². The molecule has 3 heteroatoms. The summed E-state index contributed by atoms with van der Waals surface area (Å²) in [7, 11) is 0. The van der Waals surface area contributed by atoms with Crippen LogP contribution in [0.15, 0.2) is 48.5 Å². The summed E-state index contributed by atoms with van der Waals surface area (Å²) < 4.78 is 11.6. The molecule has 2 atom stereocenters. The first-order valence-electron chi connectivity index (χ1n) is 15.7. The molecule has 2 unspecified atom stereocenters. The monoisotopic (exact) mass is 520 g/mol. The van der Waals surface area contributed by atoms with Crippen molar-refractivity contribution in [1.82, 2.24) is 0 Å². The van der Waals surface area contributed by atoms with Crippen LogP contribution in [0.3, 0.4) is 0 Å². The average Bonchev–Trinajstić information content (AvgIpc) is 2.95. The van der Waals surface area contributed by atoms with Gasteiger partial charge in [0.1, 0.15) is 11.5 Å². The minimum absolute atomic E-state index is 0.328. The van der Waals surface area contributed by atoms with Gasteiger partial charge < -0.3 is 9.47 Å². The Morgan fingerprint density at radius 3 is 1.92 bits per heavy atom. The molecule has 0 aliphatic heterocycles. The van der Waals surface area contributed by atoms with E-state index in [1.807, 2.05) is 24.3 Å². The summed E-state index contributed by atoms with van der Waals surface area (Å²) in [6.45, 7) is 5.26. The SMILES string of the molecule is CCCCCCCC1CCCCC1CCCOc1ccc(C(=O)Oc2ccc(CCCCCC)cc2)cc1. The largest absolute Gasteiger partial charge is 0.494 e. The highest BCUT2D eigenvalue weighted by molar-refractivity contribution is 5.91. The Hall–Kier alpha value is -2.29.